The van der Waals surface area contributed by atoms with Gasteiger partial charge in [-0.2, -0.15) is 0 Å². The molecule has 0 saturated heterocycles. The number of aryl methyl sites for hydroxylation is 1. The van der Waals surface area contributed by atoms with Gasteiger partial charge in [0.2, 0.25) is 0 Å². The lowest BCUT2D eigenvalue weighted by atomic mass is 10.1. The summed E-state index contributed by atoms with van der Waals surface area (Å²) >= 11 is 0. The summed E-state index contributed by atoms with van der Waals surface area (Å²) in [5, 5.41) is 0. The number of carbonyl (C=O) groups excluding carboxylic acids is 1. The van der Waals surface area contributed by atoms with Crippen LogP contribution in [0.2, 0.25) is 0 Å². The lowest BCUT2D eigenvalue weighted by Crippen LogP contribution is -2.14. The molecule has 0 radical (unpaired) electrons. The average molecular weight is 224 g/mol. The summed E-state index contributed by atoms with van der Waals surface area (Å²) in [5.74, 6) is 0.568. The van der Waals surface area contributed by atoms with Crippen LogP contribution in [0.15, 0.2) is 0 Å². The zero-order valence-electron chi connectivity index (χ0n) is 10.6. The van der Waals surface area contributed by atoms with E-state index < -0.39 is 0 Å². The van der Waals surface area contributed by atoms with E-state index in [9.17, 15) is 4.79 Å². The van der Waals surface area contributed by atoms with E-state index in [1.165, 1.54) is 7.11 Å². The number of methoxy groups -OCH3 is 1. The Morgan fingerprint density at radius 2 is 2.12 bits per heavy atom. The highest BCUT2D eigenvalue weighted by molar-refractivity contribution is 5.76. The highest BCUT2D eigenvalue weighted by atomic mass is 16.5. The molecule has 16 heavy (non-hydrogen) atoms. The van der Waals surface area contributed by atoms with Gasteiger partial charge in [-0.25, -0.2) is 4.98 Å². The number of hydrogen-bond acceptors (Lipinski definition) is 3. The van der Waals surface area contributed by atoms with Gasteiger partial charge in [0.25, 0.3) is 0 Å². The number of nitrogens with zero attached hydrogens (tertiary/aromatic N) is 1. The van der Waals surface area contributed by atoms with E-state index in [1.54, 1.807) is 0 Å². The molecule has 1 N–H and O–H groups in total. The van der Waals surface area contributed by atoms with Crippen LogP contribution in [0.1, 0.15) is 56.2 Å². The normalized spacial score (nSPS) is 12.9. The minimum absolute atomic E-state index is 0.230. The van der Waals surface area contributed by atoms with Crippen LogP contribution < -0.4 is 0 Å². The molecule has 0 aliphatic carbocycles. The van der Waals surface area contributed by atoms with E-state index in [0.717, 1.165) is 17.2 Å². The number of ether oxygens (including phenoxy) is 1. The van der Waals surface area contributed by atoms with Gasteiger partial charge in [0.05, 0.1) is 12.8 Å². The second-order valence-corrected chi connectivity index (χ2v) is 4.27. The molecule has 1 unspecified atom stereocenters. The van der Waals surface area contributed by atoms with E-state index in [-0.39, 0.29) is 11.9 Å². The van der Waals surface area contributed by atoms with Crippen molar-refractivity contribution in [3.8, 4) is 0 Å². The molecule has 90 valence electrons. The molecule has 1 heterocycles. The molecule has 0 amide bonds. The summed E-state index contributed by atoms with van der Waals surface area (Å²) in [6.07, 6.45) is 0.692. The SMILES string of the molecule is CCC(C(=O)OC)c1nc(C(C)C)c(C)[nH]1. The van der Waals surface area contributed by atoms with Gasteiger partial charge in [-0.1, -0.05) is 20.8 Å². The molecule has 1 atom stereocenters. The predicted molar refractivity (Wildman–Crippen MR) is 62.5 cm³/mol. The number of carbonyl (C=O) groups is 1. The van der Waals surface area contributed by atoms with E-state index in [0.29, 0.717) is 12.3 Å². The number of nitrogens with one attached hydrogen (secondary N) is 1. The third-order valence-electron chi connectivity index (χ3n) is 2.71. The third-order valence-corrected chi connectivity index (χ3v) is 2.71. The van der Waals surface area contributed by atoms with Crippen LogP contribution in [0.25, 0.3) is 0 Å². The Morgan fingerprint density at radius 1 is 1.50 bits per heavy atom. The number of imidazole rings is 1. The molecule has 1 rings (SSSR count). The van der Waals surface area contributed by atoms with E-state index in [2.05, 4.69) is 23.8 Å². The van der Waals surface area contributed by atoms with Crippen LogP contribution in [-0.2, 0) is 9.53 Å². The van der Waals surface area contributed by atoms with Crippen molar-refractivity contribution in [2.75, 3.05) is 7.11 Å². The van der Waals surface area contributed by atoms with E-state index in [4.69, 9.17) is 4.74 Å². The molecule has 0 fully saturated rings. The van der Waals surface area contributed by atoms with E-state index in [1.807, 2.05) is 13.8 Å². The zero-order valence-corrected chi connectivity index (χ0v) is 10.6. The fraction of sp³-hybridized carbons (Fsp3) is 0.667. The van der Waals surface area contributed by atoms with Gasteiger partial charge in [-0.05, 0) is 19.3 Å². The average Bonchev–Trinajstić information content (AvgIpc) is 2.61. The molecule has 4 heteroatoms. The fourth-order valence-electron chi connectivity index (χ4n) is 1.84. The lowest BCUT2D eigenvalue weighted by Gasteiger charge is -2.08. The van der Waals surface area contributed by atoms with Crippen molar-refractivity contribution in [1.82, 2.24) is 9.97 Å². The Balaban J connectivity index is 3.03. The number of hydrogen-bond donors (Lipinski definition) is 1. The van der Waals surface area contributed by atoms with Crippen molar-refractivity contribution in [3.63, 3.8) is 0 Å². The maximum Gasteiger partial charge on any atom is 0.316 e. The molecule has 1 aromatic heterocycles. The first-order valence-corrected chi connectivity index (χ1v) is 5.65. The minimum Gasteiger partial charge on any atom is -0.468 e. The number of aromatic amines is 1. The quantitative estimate of drug-likeness (QED) is 0.799. The van der Waals surface area contributed by atoms with Gasteiger partial charge in [-0.15, -0.1) is 0 Å². The summed E-state index contributed by atoms with van der Waals surface area (Å²) in [7, 11) is 1.41. The summed E-state index contributed by atoms with van der Waals surface area (Å²) < 4.78 is 4.77. The molecular formula is C12H20N2O2. The van der Waals surface area contributed by atoms with Crippen LogP contribution in [0.5, 0.6) is 0 Å². The number of H-pyrrole nitrogens is 1. The van der Waals surface area contributed by atoms with Crippen LogP contribution >= 0.6 is 0 Å². The van der Waals surface area contributed by atoms with Gasteiger partial charge in [-0.3, -0.25) is 4.79 Å². The third kappa shape index (κ3) is 2.43. The highest BCUT2D eigenvalue weighted by Gasteiger charge is 2.24. The van der Waals surface area contributed by atoms with Crippen LogP contribution in [0, 0.1) is 6.92 Å². The smallest absolute Gasteiger partial charge is 0.316 e. The first-order chi connectivity index (χ1) is 7.51. The van der Waals surface area contributed by atoms with Crippen molar-refractivity contribution >= 4 is 5.97 Å². The number of aromatic nitrogens is 2. The molecular weight excluding hydrogens is 204 g/mol. The summed E-state index contributed by atoms with van der Waals surface area (Å²) in [5.41, 5.74) is 2.06. The standard InChI is InChI=1S/C12H20N2O2/c1-6-9(12(15)16-5)11-13-8(4)10(14-11)7(2)3/h7,9H,6H2,1-5H3,(H,13,14). The van der Waals surface area contributed by atoms with Crippen molar-refractivity contribution in [2.45, 2.75) is 46.0 Å². The Morgan fingerprint density at radius 3 is 2.50 bits per heavy atom. The molecule has 1 aromatic rings. The highest BCUT2D eigenvalue weighted by Crippen LogP contribution is 2.23. The maximum absolute atomic E-state index is 11.6. The number of esters is 1. The summed E-state index contributed by atoms with van der Waals surface area (Å²) in [4.78, 5) is 19.2. The minimum atomic E-state index is -0.281. The predicted octanol–water partition coefficient (Wildman–Crippen LogP) is 2.51. The molecule has 0 aliphatic heterocycles. The topological polar surface area (TPSA) is 55.0 Å². The lowest BCUT2D eigenvalue weighted by molar-refractivity contribution is -0.142. The summed E-state index contributed by atoms with van der Waals surface area (Å²) in [6, 6.07) is 0. The Labute approximate surface area is 96.4 Å². The first-order valence-electron chi connectivity index (χ1n) is 5.65. The van der Waals surface area contributed by atoms with Gasteiger partial charge in [0, 0.05) is 5.69 Å². The number of rotatable bonds is 4. The van der Waals surface area contributed by atoms with Crippen molar-refractivity contribution in [3.05, 3.63) is 17.2 Å². The zero-order chi connectivity index (χ0) is 12.3. The Kier molecular flexibility index (Phi) is 4.10. The molecule has 0 spiro atoms. The fourth-order valence-corrected chi connectivity index (χ4v) is 1.84. The maximum atomic E-state index is 11.6. The van der Waals surface area contributed by atoms with Gasteiger partial charge >= 0.3 is 5.97 Å². The van der Waals surface area contributed by atoms with E-state index >= 15 is 0 Å². The van der Waals surface area contributed by atoms with Crippen molar-refractivity contribution in [2.24, 2.45) is 0 Å². The van der Waals surface area contributed by atoms with Crippen LogP contribution in [0.4, 0.5) is 0 Å². The Hall–Kier alpha value is -1.32. The van der Waals surface area contributed by atoms with Gasteiger partial charge in [0.1, 0.15) is 11.7 Å². The largest absolute Gasteiger partial charge is 0.468 e. The second kappa shape index (κ2) is 5.14. The second-order valence-electron chi connectivity index (χ2n) is 4.27. The van der Waals surface area contributed by atoms with Crippen LogP contribution in [0.3, 0.4) is 0 Å². The van der Waals surface area contributed by atoms with Crippen molar-refractivity contribution < 1.29 is 9.53 Å². The molecule has 0 saturated carbocycles. The molecule has 0 bridgehead atoms. The Bertz CT molecular complexity index is 369. The first kappa shape index (κ1) is 12.7. The molecule has 4 nitrogen and oxygen atoms in total. The summed E-state index contributed by atoms with van der Waals surface area (Å²) in [6.45, 7) is 8.11. The molecule has 0 aliphatic rings. The van der Waals surface area contributed by atoms with Crippen molar-refractivity contribution in [1.29, 1.82) is 0 Å². The van der Waals surface area contributed by atoms with Crippen LogP contribution in [-0.4, -0.2) is 23.0 Å². The van der Waals surface area contributed by atoms with Gasteiger partial charge in [0.15, 0.2) is 0 Å². The monoisotopic (exact) mass is 224 g/mol. The van der Waals surface area contributed by atoms with Gasteiger partial charge < -0.3 is 9.72 Å². The molecule has 0 aromatic carbocycles.